The highest BCUT2D eigenvalue weighted by molar-refractivity contribution is 5.89. The van der Waals surface area contributed by atoms with Gasteiger partial charge in [0, 0.05) is 25.6 Å². The lowest BCUT2D eigenvalue weighted by atomic mass is 10.2. The molecule has 0 spiro atoms. The van der Waals surface area contributed by atoms with Gasteiger partial charge < -0.3 is 25.3 Å². The highest BCUT2D eigenvalue weighted by Gasteiger charge is 2.17. The first-order valence-corrected chi connectivity index (χ1v) is 8.18. The second kappa shape index (κ2) is 7.69. The minimum Gasteiger partial charge on any atom is -0.469 e. The number of hydrogen-bond acceptors (Lipinski definition) is 5. The van der Waals surface area contributed by atoms with Gasteiger partial charge in [-0.15, -0.1) is 0 Å². The summed E-state index contributed by atoms with van der Waals surface area (Å²) >= 11 is 0. The Kier molecular flexibility index (Phi) is 5.17. The number of rotatable bonds is 5. The molecule has 0 aliphatic carbocycles. The fourth-order valence-electron chi connectivity index (χ4n) is 2.65. The Hall–Kier alpha value is -3.03. The molecule has 0 saturated carbocycles. The third kappa shape index (κ3) is 4.72. The van der Waals surface area contributed by atoms with Crippen molar-refractivity contribution in [2.24, 2.45) is 0 Å². The van der Waals surface area contributed by atoms with Gasteiger partial charge in [-0.1, -0.05) is 0 Å². The molecule has 132 valence electrons. The predicted octanol–water partition coefficient (Wildman–Crippen LogP) is 1.36. The molecule has 8 nitrogen and oxygen atoms in total. The van der Waals surface area contributed by atoms with Crippen molar-refractivity contribution in [1.29, 1.82) is 0 Å². The van der Waals surface area contributed by atoms with E-state index < -0.39 is 0 Å². The van der Waals surface area contributed by atoms with E-state index in [-0.39, 0.29) is 18.0 Å². The maximum absolute atomic E-state index is 12.0. The van der Waals surface area contributed by atoms with Gasteiger partial charge in [-0.05, 0) is 31.2 Å². The SMILES string of the molecule is CC(Cc1ccco1)NC(=O)Nc1ccc(N2CCNC(=O)C2)nc1. The summed E-state index contributed by atoms with van der Waals surface area (Å²) in [5, 5.41) is 8.37. The van der Waals surface area contributed by atoms with E-state index in [4.69, 9.17) is 4.42 Å². The monoisotopic (exact) mass is 343 g/mol. The van der Waals surface area contributed by atoms with Gasteiger partial charge in [-0.25, -0.2) is 9.78 Å². The van der Waals surface area contributed by atoms with Crippen LogP contribution in [0.3, 0.4) is 0 Å². The molecule has 8 heteroatoms. The summed E-state index contributed by atoms with van der Waals surface area (Å²) in [5.41, 5.74) is 0.591. The van der Waals surface area contributed by atoms with Crippen LogP contribution in [0.25, 0.3) is 0 Å². The van der Waals surface area contributed by atoms with Crippen LogP contribution in [-0.4, -0.2) is 42.6 Å². The standard InChI is InChI=1S/C17H21N5O3/c1-12(9-14-3-2-8-25-14)20-17(24)21-13-4-5-15(19-10-13)22-7-6-18-16(23)11-22/h2-5,8,10,12H,6-7,9,11H2,1H3,(H,18,23)(H2,20,21,24). The average Bonchev–Trinajstić information content (AvgIpc) is 3.08. The molecule has 1 saturated heterocycles. The zero-order chi connectivity index (χ0) is 17.6. The Morgan fingerprint density at radius 2 is 2.32 bits per heavy atom. The number of nitrogens with zero attached hydrogens (tertiary/aromatic N) is 2. The minimum absolute atomic E-state index is 0.0137. The highest BCUT2D eigenvalue weighted by atomic mass is 16.3. The van der Waals surface area contributed by atoms with E-state index in [1.54, 1.807) is 24.6 Å². The molecular formula is C17H21N5O3. The van der Waals surface area contributed by atoms with E-state index >= 15 is 0 Å². The van der Waals surface area contributed by atoms with Crippen molar-refractivity contribution in [3.8, 4) is 0 Å². The quantitative estimate of drug-likeness (QED) is 0.761. The topological polar surface area (TPSA) is 99.5 Å². The summed E-state index contributed by atoms with van der Waals surface area (Å²) in [6.45, 7) is 3.53. The Balaban J connectivity index is 1.50. The summed E-state index contributed by atoms with van der Waals surface area (Å²) in [6, 6.07) is 6.89. The van der Waals surface area contributed by atoms with E-state index in [9.17, 15) is 9.59 Å². The number of aromatic nitrogens is 1. The maximum atomic E-state index is 12.0. The molecule has 25 heavy (non-hydrogen) atoms. The molecule has 0 radical (unpaired) electrons. The predicted molar refractivity (Wildman–Crippen MR) is 93.5 cm³/mol. The molecular weight excluding hydrogens is 322 g/mol. The van der Waals surface area contributed by atoms with Crippen molar-refractivity contribution >= 4 is 23.4 Å². The van der Waals surface area contributed by atoms with Crippen LogP contribution in [0.15, 0.2) is 41.1 Å². The molecule has 1 aliphatic heterocycles. The van der Waals surface area contributed by atoms with Crippen molar-refractivity contribution in [1.82, 2.24) is 15.6 Å². The molecule has 1 aliphatic rings. The Morgan fingerprint density at radius 3 is 3.00 bits per heavy atom. The highest BCUT2D eigenvalue weighted by Crippen LogP contribution is 2.15. The molecule has 3 N–H and O–H groups in total. The molecule has 0 bridgehead atoms. The zero-order valence-corrected chi connectivity index (χ0v) is 14.0. The number of amides is 3. The second-order valence-corrected chi connectivity index (χ2v) is 5.96. The second-order valence-electron chi connectivity index (χ2n) is 5.96. The number of carbonyl (C=O) groups is 2. The lowest BCUT2D eigenvalue weighted by Gasteiger charge is -2.27. The lowest BCUT2D eigenvalue weighted by molar-refractivity contribution is -0.120. The summed E-state index contributed by atoms with van der Waals surface area (Å²) in [6.07, 6.45) is 3.81. The normalized spacial score (nSPS) is 15.4. The van der Waals surface area contributed by atoms with Crippen LogP contribution in [0.4, 0.5) is 16.3 Å². The maximum Gasteiger partial charge on any atom is 0.319 e. The molecule has 3 amide bonds. The Labute approximate surface area is 145 Å². The van der Waals surface area contributed by atoms with Gasteiger partial charge >= 0.3 is 6.03 Å². The smallest absolute Gasteiger partial charge is 0.319 e. The Morgan fingerprint density at radius 1 is 1.44 bits per heavy atom. The van der Waals surface area contributed by atoms with Gasteiger partial charge in [0.05, 0.1) is 24.7 Å². The van der Waals surface area contributed by atoms with Crippen LogP contribution >= 0.6 is 0 Å². The summed E-state index contributed by atoms with van der Waals surface area (Å²) in [4.78, 5) is 29.7. The van der Waals surface area contributed by atoms with Crippen molar-refractivity contribution in [2.75, 3.05) is 29.9 Å². The third-order valence-electron chi connectivity index (χ3n) is 3.83. The van der Waals surface area contributed by atoms with Crippen molar-refractivity contribution in [2.45, 2.75) is 19.4 Å². The fraction of sp³-hybridized carbons (Fsp3) is 0.353. The molecule has 0 aromatic carbocycles. The number of anilines is 2. The van der Waals surface area contributed by atoms with Crippen LogP contribution in [0, 0.1) is 0 Å². The van der Waals surface area contributed by atoms with E-state index in [0.29, 0.717) is 31.0 Å². The molecule has 2 aromatic rings. The largest absolute Gasteiger partial charge is 0.469 e. The molecule has 2 aromatic heterocycles. The van der Waals surface area contributed by atoms with Crippen molar-refractivity contribution in [3.05, 3.63) is 42.5 Å². The van der Waals surface area contributed by atoms with Gasteiger partial charge in [0.2, 0.25) is 5.91 Å². The van der Waals surface area contributed by atoms with E-state index in [0.717, 1.165) is 12.3 Å². The lowest BCUT2D eigenvalue weighted by Crippen LogP contribution is -2.48. The first-order valence-electron chi connectivity index (χ1n) is 8.18. The first-order chi connectivity index (χ1) is 12.1. The number of hydrogen-bond donors (Lipinski definition) is 3. The van der Waals surface area contributed by atoms with Gasteiger partial charge in [0.15, 0.2) is 0 Å². The minimum atomic E-state index is -0.300. The average molecular weight is 343 g/mol. The van der Waals surface area contributed by atoms with Crippen LogP contribution in [0.2, 0.25) is 0 Å². The molecule has 1 fully saturated rings. The zero-order valence-electron chi connectivity index (χ0n) is 14.0. The van der Waals surface area contributed by atoms with Crippen LogP contribution in [0.1, 0.15) is 12.7 Å². The Bertz CT molecular complexity index is 714. The van der Waals surface area contributed by atoms with Crippen LogP contribution in [-0.2, 0) is 11.2 Å². The third-order valence-corrected chi connectivity index (χ3v) is 3.83. The molecule has 3 rings (SSSR count). The number of pyridine rings is 1. The van der Waals surface area contributed by atoms with Gasteiger partial charge in [0.1, 0.15) is 11.6 Å². The number of furan rings is 1. The summed E-state index contributed by atoms with van der Waals surface area (Å²) in [7, 11) is 0. The molecule has 1 unspecified atom stereocenters. The van der Waals surface area contributed by atoms with E-state index in [1.807, 2.05) is 24.0 Å². The van der Waals surface area contributed by atoms with Gasteiger partial charge in [-0.2, -0.15) is 0 Å². The molecule has 3 heterocycles. The number of piperazine rings is 1. The summed E-state index contributed by atoms with van der Waals surface area (Å²) in [5.74, 6) is 1.52. The summed E-state index contributed by atoms with van der Waals surface area (Å²) < 4.78 is 5.27. The van der Waals surface area contributed by atoms with E-state index in [1.165, 1.54) is 0 Å². The van der Waals surface area contributed by atoms with Gasteiger partial charge in [-0.3, -0.25) is 4.79 Å². The van der Waals surface area contributed by atoms with E-state index in [2.05, 4.69) is 20.9 Å². The van der Waals surface area contributed by atoms with Crippen LogP contribution < -0.4 is 20.9 Å². The molecule has 1 atom stereocenters. The van der Waals surface area contributed by atoms with Crippen molar-refractivity contribution < 1.29 is 14.0 Å². The number of nitrogens with one attached hydrogen (secondary N) is 3. The van der Waals surface area contributed by atoms with Gasteiger partial charge in [0.25, 0.3) is 0 Å². The fourth-order valence-corrected chi connectivity index (χ4v) is 2.65. The number of carbonyl (C=O) groups excluding carboxylic acids is 2. The first kappa shape index (κ1) is 16.8. The number of urea groups is 1. The van der Waals surface area contributed by atoms with Crippen LogP contribution in [0.5, 0.6) is 0 Å². The van der Waals surface area contributed by atoms with Crippen molar-refractivity contribution in [3.63, 3.8) is 0 Å².